The van der Waals surface area contributed by atoms with Crippen molar-refractivity contribution in [1.29, 1.82) is 0 Å². The Morgan fingerprint density at radius 1 is 0.900 bits per heavy atom. The van der Waals surface area contributed by atoms with Crippen LogP contribution in [-0.4, -0.2) is 38.3 Å². The van der Waals surface area contributed by atoms with E-state index in [4.69, 9.17) is 18.9 Å². The van der Waals surface area contributed by atoms with Crippen molar-refractivity contribution in [3.8, 4) is 17.2 Å². The summed E-state index contributed by atoms with van der Waals surface area (Å²) in [5, 5.41) is 2.76. The maximum atomic E-state index is 12.6. The van der Waals surface area contributed by atoms with Crippen molar-refractivity contribution in [2.45, 2.75) is 34.6 Å². The van der Waals surface area contributed by atoms with Gasteiger partial charge in [0.25, 0.3) is 5.91 Å². The quantitative estimate of drug-likeness (QED) is 0.583. The maximum Gasteiger partial charge on any atom is 0.338 e. The Morgan fingerprint density at radius 2 is 1.50 bits per heavy atom. The number of hydrogen-bond acceptors (Lipinski definition) is 6. The van der Waals surface area contributed by atoms with Gasteiger partial charge < -0.3 is 24.3 Å². The Labute approximate surface area is 177 Å². The molecule has 0 aliphatic rings. The fraction of sp³-hybridized carbons (Fsp3) is 0.391. The summed E-state index contributed by atoms with van der Waals surface area (Å²) in [6, 6.07) is 8.68. The number of rotatable bonds is 10. The molecule has 1 N–H and O–H groups in total. The van der Waals surface area contributed by atoms with Crippen LogP contribution in [0.2, 0.25) is 0 Å². The van der Waals surface area contributed by atoms with Gasteiger partial charge in [-0.2, -0.15) is 0 Å². The molecular weight excluding hydrogens is 386 g/mol. The molecule has 0 radical (unpaired) electrons. The molecule has 2 aromatic carbocycles. The predicted molar refractivity (Wildman–Crippen MR) is 115 cm³/mol. The molecule has 0 heterocycles. The molecule has 162 valence electrons. The molecule has 7 nitrogen and oxygen atoms in total. The van der Waals surface area contributed by atoms with Gasteiger partial charge in [-0.15, -0.1) is 0 Å². The predicted octanol–water partition coefficient (Wildman–Crippen LogP) is 4.30. The Bertz CT molecular complexity index is 866. The van der Waals surface area contributed by atoms with Crippen LogP contribution in [0.15, 0.2) is 30.3 Å². The van der Waals surface area contributed by atoms with Gasteiger partial charge >= 0.3 is 5.97 Å². The number of aryl methyl sites for hydroxylation is 1. The third-order valence-corrected chi connectivity index (χ3v) is 4.36. The maximum absolute atomic E-state index is 12.6. The Hall–Kier alpha value is -3.22. The number of ether oxygens (including phenoxy) is 4. The van der Waals surface area contributed by atoms with E-state index in [2.05, 4.69) is 5.32 Å². The molecule has 2 aromatic rings. The molecule has 2 rings (SSSR count). The lowest BCUT2D eigenvalue weighted by atomic mass is 10.1. The van der Waals surface area contributed by atoms with E-state index in [1.165, 1.54) is 12.1 Å². The van der Waals surface area contributed by atoms with Gasteiger partial charge in [-0.3, -0.25) is 4.79 Å². The van der Waals surface area contributed by atoms with Gasteiger partial charge in [0.15, 0.2) is 18.1 Å². The summed E-state index contributed by atoms with van der Waals surface area (Å²) in [5.74, 6) is 0.133. The lowest BCUT2D eigenvalue weighted by molar-refractivity contribution is -0.119. The number of carbonyl (C=O) groups excluding carboxylic acids is 2. The second-order valence-corrected chi connectivity index (χ2v) is 6.47. The van der Waals surface area contributed by atoms with Crippen LogP contribution in [-0.2, 0) is 9.53 Å². The minimum Gasteiger partial charge on any atom is -0.490 e. The largest absolute Gasteiger partial charge is 0.490 e. The highest BCUT2D eigenvalue weighted by molar-refractivity contribution is 5.96. The zero-order chi connectivity index (χ0) is 22.1. The molecule has 0 saturated carbocycles. The van der Waals surface area contributed by atoms with Crippen LogP contribution >= 0.6 is 0 Å². The summed E-state index contributed by atoms with van der Waals surface area (Å²) in [5.41, 5.74) is 2.93. The van der Waals surface area contributed by atoms with E-state index in [0.717, 1.165) is 11.1 Å². The molecule has 0 spiro atoms. The molecule has 0 aromatic heterocycles. The van der Waals surface area contributed by atoms with Gasteiger partial charge in [0, 0.05) is 5.69 Å². The summed E-state index contributed by atoms with van der Waals surface area (Å²) >= 11 is 0. The number of hydrogen-bond donors (Lipinski definition) is 1. The third-order valence-electron chi connectivity index (χ3n) is 4.36. The molecule has 0 fully saturated rings. The average molecular weight is 415 g/mol. The van der Waals surface area contributed by atoms with Gasteiger partial charge in [0.2, 0.25) is 5.75 Å². The Balaban J connectivity index is 2.13. The number of nitrogens with one attached hydrogen (secondary N) is 1. The minimum absolute atomic E-state index is 0.213. The van der Waals surface area contributed by atoms with Crippen LogP contribution in [0.4, 0.5) is 5.69 Å². The molecule has 0 aliphatic heterocycles. The van der Waals surface area contributed by atoms with Crippen molar-refractivity contribution >= 4 is 17.6 Å². The molecular formula is C23H29NO6. The summed E-state index contributed by atoms with van der Waals surface area (Å²) in [6.45, 7) is 10.2. The van der Waals surface area contributed by atoms with Crippen LogP contribution in [0, 0.1) is 13.8 Å². The average Bonchev–Trinajstić information content (AvgIpc) is 2.72. The number of esters is 1. The topological polar surface area (TPSA) is 83.1 Å². The fourth-order valence-electron chi connectivity index (χ4n) is 2.79. The van der Waals surface area contributed by atoms with Crippen molar-refractivity contribution in [3.63, 3.8) is 0 Å². The highest BCUT2D eigenvalue weighted by atomic mass is 16.5. The van der Waals surface area contributed by atoms with Crippen molar-refractivity contribution in [3.05, 3.63) is 47.0 Å². The van der Waals surface area contributed by atoms with Crippen molar-refractivity contribution in [2.24, 2.45) is 0 Å². The molecule has 1 amide bonds. The summed E-state index contributed by atoms with van der Waals surface area (Å²) < 4.78 is 22.0. The SMILES string of the molecule is CCOc1cc(C(=O)OCC(=O)Nc2cccc(C)c2C)cc(OCC)c1OCC. The monoisotopic (exact) mass is 415 g/mol. The van der Waals surface area contributed by atoms with E-state index in [1.54, 1.807) is 6.07 Å². The first-order valence-corrected chi connectivity index (χ1v) is 10.0. The zero-order valence-electron chi connectivity index (χ0n) is 18.2. The van der Waals surface area contributed by atoms with Gasteiger partial charge in [-0.1, -0.05) is 12.1 Å². The van der Waals surface area contributed by atoms with E-state index >= 15 is 0 Å². The molecule has 30 heavy (non-hydrogen) atoms. The molecule has 0 aliphatic carbocycles. The first kappa shape index (κ1) is 23.1. The molecule has 0 bridgehead atoms. The van der Waals surface area contributed by atoms with Crippen molar-refractivity contribution in [1.82, 2.24) is 0 Å². The van der Waals surface area contributed by atoms with Crippen LogP contribution in [0.25, 0.3) is 0 Å². The van der Waals surface area contributed by atoms with Crippen molar-refractivity contribution in [2.75, 3.05) is 31.7 Å². The van der Waals surface area contributed by atoms with Crippen molar-refractivity contribution < 1.29 is 28.5 Å². The normalized spacial score (nSPS) is 10.3. The van der Waals surface area contributed by atoms with E-state index in [-0.39, 0.29) is 5.56 Å². The number of carbonyl (C=O) groups is 2. The van der Waals surface area contributed by atoms with E-state index < -0.39 is 18.5 Å². The molecule has 0 saturated heterocycles. The number of anilines is 1. The summed E-state index contributed by atoms with van der Waals surface area (Å²) in [4.78, 5) is 24.8. The molecule has 0 unspecified atom stereocenters. The second-order valence-electron chi connectivity index (χ2n) is 6.47. The van der Waals surface area contributed by atoms with Crippen LogP contribution in [0.1, 0.15) is 42.3 Å². The van der Waals surface area contributed by atoms with Gasteiger partial charge in [-0.05, 0) is 63.9 Å². The first-order valence-electron chi connectivity index (χ1n) is 10.0. The molecule has 0 atom stereocenters. The number of benzene rings is 2. The second kappa shape index (κ2) is 11.1. The van der Waals surface area contributed by atoms with Crippen LogP contribution in [0.3, 0.4) is 0 Å². The van der Waals surface area contributed by atoms with E-state index in [0.29, 0.717) is 42.8 Å². The lowest BCUT2D eigenvalue weighted by Crippen LogP contribution is -2.21. The van der Waals surface area contributed by atoms with Gasteiger partial charge in [-0.25, -0.2) is 4.79 Å². The summed E-state index contributed by atoms with van der Waals surface area (Å²) in [7, 11) is 0. The lowest BCUT2D eigenvalue weighted by Gasteiger charge is -2.17. The summed E-state index contributed by atoms with van der Waals surface area (Å²) in [6.07, 6.45) is 0. The standard InChI is InChI=1S/C23H29NO6/c1-6-27-19-12-17(13-20(28-7-2)22(19)29-8-3)23(26)30-14-21(25)24-18-11-9-10-15(4)16(18)5/h9-13H,6-8,14H2,1-5H3,(H,24,25). The minimum atomic E-state index is -0.656. The zero-order valence-corrected chi connectivity index (χ0v) is 18.2. The third kappa shape index (κ3) is 5.89. The number of amides is 1. The van der Waals surface area contributed by atoms with E-state index in [1.807, 2.05) is 46.8 Å². The highest BCUT2D eigenvalue weighted by Gasteiger charge is 2.20. The fourth-order valence-corrected chi connectivity index (χ4v) is 2.79. The molecule has 7 heteroatoms. The Morgan fingerprint density at radius 3 is 2.07 bits per heavy atom. The first-order chi connectivity index (χ1) is 14.4. The van der Waals surface area contributed by atoms with Crippen LogP contribution < -0.4 is 19.5 Å². The smallest absolute Gasteiger partial charge is 0.338 e. The highest BCUT2D eigenvalue weighted by Crippen LogP contribution is 2.39. The Kier molecular flexibility index (Phi) is 8.53. The van der Waals surface area contributed by atoms with Gasteiger partial charge in [0.05, 0.1) is 25.4 Å². The van der Waals surface area contributed by atoms with Crippen LogP contribution in [0.5, 0.6) is 17.2 Å². The van der Waals surface area contributed by atoms with E-state index in [9.17, 15) is 9.59 Å². The van der Waals surface area contributed by atoms with Gasteiger partial charge in [0.1, 0.15) is 0 Å².